The predicted octanol–water partition coefficient (Wildman–Crippen LogP) is 2.35. The largest absolute Gasteiger partial charge is 0.512 e. The van der Waals surface area contributed by atoms with Gasteiger partial charge in [0.15, 0.2) is 5.78 Å². The summed E-state index contributed by atoms with van der Waals surface area (Å²) >= 11 is 0. The maximum Gasteiger partial charge on any atom is 0.162 e. The number of aliphatic hydroxyl groups excluding tert-OH is 1. The Labute approximate surface area is 66.9 Å². The molecule has 11 heavy (non-hydrogen) atoms. The van der Waals surface area contributed by atoms with Crippen molar-refractivity contribution in [3.8, 4) is 0 Å². The normalized spacial score (nSPS) is 18.1. The van der Waals surface area contributed by atoms with E-state index in [1.165, 1.54) is 0 Å². The Balaban J connectivity index is 2.53. The number of hydrogen-bond donors (Lipinski definition) is 1. The molecule has 1 aliphatic rings. The molecule has 0 atom stereocenters. The highest BCUT2D eigenvalue weighted by Gasteiger charge is 2.21. The van der Waals surface area contributed by atoms with Gasteiger partial charge in [-0.2, -0.15) is 0 Å². The van der Waals surface area contributed by atoms with Crippen LogP contribution in [0.3, 0.4) is 0 Å². The van der Waals surface area contributed by atoms with Crippen LogP contribution in [-0.2, 0) is 4.79 Å². The number of unbranched alkanes of at least 4 members (excludes halogenated alkanes) is 1. The van der Waals surface area contributed by atoms with Crippen molar-refractivity contribution in [1.82, 2.24) is 0 Å². The third-order valence-electron chi connectivity index (χ3n) is 2.05. The summed E-state index contributed by atoms with van der Waals surface area (Å²) in [6.07, 6.45) is 3.93. The number of carbonyl (C=O) groups excluding carboxylic acids is 1. The Morgan fingerprint density at radius 3 is 2.64 bits per heavy atom. The first kappa shape index (κ1) is 8.31. The summed E-state index contributed by atoms with van der Waals surface area (Å²) in [5.74, 6) is 0.486. The van der Waals surface area contributed by atoms with Crippen molar-refractivity contribution in [2.75, 3.05) is 0 Å². The molecule has 0 bridgehead atoms. The van der Waals surface area contributed by atoms with Gasteiger partial charge in [-0.3, -0.25) is 4.79 Å². The fourth-order valence-electron chi connectivity index (χ4n) is 1.33. The molecule has 0 saturated carbocycles. The Hall–Kier alpha value is -0.790. The molecule has 1 rings (SSSR count). The van der Waals surface area contributed by atoms with Crippen LogP contribution in [0.4, 0.5) is 0 Å². The Morgan fingerprint density at radius 1 is 1.45 bits per heavy atom. The minimum absolute atomic E-state index is 0.149. The van der Waals surface area contributed by atoms with Crippen LogP contribution in [-0.4, -0.2) is 10.9 Å². The van der Waals surface area contributed by atoms with Gasteiger partial charge in [0.25, 0.3) is 0 Å². The van der Waals surface area contributed by atoms with Crippen LogP contribution in [0.2, 0.25) is 0 Å². The minimum Gasteiger partial charge on any atom is -0.512 e. The van der Waals surface area contributed by atoms with Crippen LogP contribution in [0.15, 0.2) is 11.3 Å². The first-order valence-electron chi connectivity index (χ1n) is 4.20. The first-order valence-corrected chi connectivity index (χ1v) is 4.20. The molecule has 1 aliphatic carbocycles. The second-order valence-corrected chi connectivity index (χ2v) is 2.95. The number of Topliss-reactive ketones (excluding diaryl/α,β-unsaturated/α-hetero) is 1. The summed E-state index contributed by atoms with van der Waals surface area (Å²) < 4.78 is 0. The molecular formula is C9H14O2. The Bertz CT molecular complexity index is 192. The van der Waals surface area contributed by atoms with Crippen molar-refractivity contribution >= 4 is 5.78 Å². The first-order chi connectivity index (χ1) is 5.25. The summed E-state index contributed by atoms with van der Waals surface area (Å²) in [5.41, 5.74) is 0.687. The predicted molar refractivity (Wildman–Crippen MR) is 43.4 cm³/mol. The van der Waals surface area contributed by atoms with Crippen LogP contribution in [0, 0.1) is 0 Å². The second-order valence-electron chi connectivity index (χ2n) is 2.95. The summed E-state index contributed by atoms with van der Waals surface area (Å²) in [4.78, 5) is 11.1. The highest BCUT2D eigenvalue weighted by atomic mass is 16.3. The van der Waals surface area contributed by atoms with E-state index in [0.717, 1.165) is 19.3 Å². The molecule has 0 saturated heterocycles. The fourth-order valence-corrected chi connectivity index (χ4v) is 1.33. The van der Waals surface area contributed by atoms with Gasteiger partial charge >= 0.3 is 0 Å². The lowest BCUT2D eigenvalue weighted by Gasteiger charge is -1.98. The van der Waals surface area contributed by atoms with Gasteiger partial charge in [-0.25, -0.2) is 0 Å². The molecule has 0 spiro atoms. The van der Waals surface area contributed by atoms with E-state index >= 15 is 0 Å². The lowest BCUT2D eigenvalue weighted by atomic mass is 10.1. The molecule has 1 N–H and O–H groups in total. The number of aliphatic hydroxyl groups is 1. The van der Waals surface area contributed by atoms with Crippen molar-refractivity contribution in [3.05, 3.63) is 11.3 Å². The Kier molecular flexibility index (Phi) is 2.69. The lowest BCUT2D eigenvalue weighted by Crippen LogP contribution is -1.96. The zero-order chi connectivity index (χ0) is 8.27. The number of ketones is 1. The molecule has 0 aromatic heterocycles. The molecule has 0 aromatic rings. The summed E-state index contributed by atoms with van der Waals surface area (Å²) in [6, 6.07) is 0. The van der Waals surface area contributed by atoms with Crippen molar-refractivity contribution in [2.24, 2.45) is 0 Å². The lowest BCUT2D eigenvalue weighted by molar-refractivity contribution is -0.115. The monoisotopic (exact) mass is 154 g/mol. The van der Waals surface area contributed by atoms with Crippen molar-refractivity contribution in [2.45, 2.75) is 39.0 Å². The second kappa shape index (κ2) is 3.56. The van der Waals surface area contributed by atoms with Gasteiger partial charge in [0, 0.05) is 18.4 Å². The van der Waals surface area contributed by atoms with Crippen molar-refractivity contribution in [1.29, 1.82) is 0 Å². The third-order valence-corrected chi connectivity index (χ3v) is 2.05. The molecule has 2 heteroatoms. The topological polar surface area (TPSA) is 37.3 Å². The molecule has 62 valence electrons. The van der Waals surface area contributed by atoms with E-state index in [4.69, 9.17) is 0 Å². The molecule has 0 amide bonds. The van der Waals surface area contributed by atoms with Gasteiger partial charge in [-0.05, 0) is 12.8 Å². The van der Waals surface area contributed by atoms with Crippen LogP contribution in [0.25, 0.3) is 0 Å². The summed E-state index contributed by atoms with van der Waals surface area (Å²) in [7, 11) is 0. The summed E-state index contributed by atoms with van der Waals surface area (Å²) in [5, 5.41) is 9.24. The number of rotatable bonds is 3. The average Bonchev–Trinajstić information content (AvgIpc) is 2.29. The van der Waals surface area contributed by atoms with Crippen LogP contribution >= 0.6 is 0 Å². The number of allylic oxidation sites excluding steroid dienone is 2. The molecule has 0 unspecified atom stereocenters. The van der Waals surface area contributed by atoms with E-state index in [0.29, 0.717) is 24.2 Å². The maximum atomic E-state index is 11.1. The van der Waals surface area contributed by atoms with E-state index in [9.17, 15) is 9.90 Å². The molecular weight excluding hydrogens is 140 g/mol. The smallest absolute Gasteiger partial charge is 0.162 e. The molecule has 0 aliphatic heterocycles. The molecule has 0 heterocycles. The van der Waals surface area contributed by atoms with Gasteiger partial charge < -0.3 is 5.11 Å². The highest BCUT2D eigenvalue weighted by Crippen LogP contribution is 2.24. The van der Waals surface area contributed by atoms with Gasteiger partial charge in [-0.15, -0.1) is 0 Å². The molecule has 2 nitrogen and oxygen atoms in total. The average molecular weight is 154 g/mol. The van der Waals surface area contributed by atoms with E-state index in [1.807, 2.05) is 0 Å². The zero-order valence-corrected chi connectivity index (χ0v) is 6.89. The third kappa shape index (κ3) is 1.82. The van der Waals surface area contributed by atoms with Crippen LogP contribution < -0.4 is 0 Å². The maximum absolute atomic E-state index is 11.1. The quantitative estimate of drug-likeness (QED) is 0.677. The Morgan fingerprint density at radius 2 is 2.18 bits per heavy atom. The number of carbonyl (C=O) groups is 1. The van der Waals surface area contributed by atoms with E-state index in [1.54, 1.807) is 0 Å². The summed E-state index contributed by atoms with van der Waals surface area (Å²) in [6.45, 7) is 2.08. The standard InChI is InChI=1S/C9H14O2/c1-2-3-4-7-8(10)5-6-9(7)11/h10H,2-6H2,1H3. The minimum atomic E-state index is 0.149. The van der Waals surface area contributed by atoms with Crippen LogP contribution in [0.1, 0.15) is 39.0 Å². The number of hydrogen-bond acceptors (Lipinski definition) is 2. The van der Waals surface area contributed by atoms with E-state index < -0.39 is 0 Å². The fraction of sp³-hybridized carbons (Fsp3) is 0.667. The van der Waals surface area contributed by atoms with Gasteiger partial charge in [-0.1, -0.05) is 13.3 Å². The molecule has 0 aromatic carbocycles. The molecule has 0 fully saturated rings. The highest BCUT2D eigenvalue weighted by molar-refractivity contribution is 5.98. The SMILES string of the molecule is CCCCC1=C(O)CCC1=O. The molecule has 0 radical (unpaired) electrons. The van der Waals surface area contributed by atoms with Crippen molar-refractivity contribution in [3.63, 3.8) is 0 Å². The van der Waals surface area contributed by atoms with Gasteiger partial charge in [0.1, 0.15) is 0 Å². The van der Waals surface area contributed by atoms with Crippen molar-refractivity contribution < 1.29 is 9.90 Å². The zero-order valence-electron chi connectivity index (χ0n) is 6.89. The van der Waals surface area contributed by atoms with E-state index in [-0.39, 0.29) is 5.78 Å². The van der Waals surface area contributed by atoms with Gasteiger partial charge in [0.05, 0.1) is 5.76 Å². The van der Waals surface area contributed by atoms with E-state index in [2.05, 4.69) is 6.92 Å². The van der Waals surface area contributed by atoms with Gasteiger partial charge in [0.2, 0.25) is 0 Å². The van der Waals surface area contributed by atoms with Crippen LogP contribution in [0.5, 0.6) is 0 Å².